The SMILES string of the molecule is Cn1cc(-c2cc(-c3ccc(N4C[C@H]5[C@@H]4C(C)(COS(C)(=O)=O)CN5C(=O)OC(C)(C)C)nc3)c3c(C#N)cnn3c2)cn1. The standard InChI is InChI=1S/C30H34N8O5S/c1-29(2,3)43-28(39)37-17-30(4,18-42-44(6,40)41)27-24(37)16-36(27)25-8-7-19(11-32-25)23-9-20(22-13-33-35(5)14-22)15-38-26(23)21(10-31)12-34-38/h7-9,11-15,24,27H,16-18H2,1-6H3/t24-,27+,30?/m0/s1. The highest BCUT2D eigenvalue weighted by Gasteiger charge is 2.61. The van der Waals surface area contributed by atoms with E-state index in [-0.39, 0.29) is 25.2 Å². The van der Waals surface area contributed by atoms with Gasteiger partial charge in [-0.1, -0.05) is 6.92 Å². The molecule has 44 heavy (non-hydrogen) atoms. The molecular weight excluding hydrogens is 584 g/mol. The van der Waals surface area contributed by atoms with E-state index < -0.39 is 27.2 Å². The lowest BCUT2D eigenvalue weighted by Gasteiger charge is -2.51. The Balaban J connectivity index is 1.33. The molecule has 0 aliphatic carbocycles. The molecular formula is C30H34N8O5S. The quantitative estimate of drug-likeness (QED) is 0.294. The molecule has 2 aliphatic heterocycles. The van der Waals surface area contributed by atoms with Crippen LogP contribution in [0, 0.1) is 16.7 Å². The molecule has 0 aromatic carbocycles. The molecule has 6 rings (SSSR count). The van der Waals surface area contributed by atoms with E-state index in [4.69, 9.17) is 13.9 Å². The molecule has 13 nitrogen and oxygen atoms in total. The van der Waals surface area contributed by atoms with E-state index in [1.54, 1.807) is 32.7 Å². The summed E-state index contributed by atoms with van der Waals surface area (Å²) in [4.78, 5) is 21.7. The van der Waals surface area contributed by atoms with Gasteiger partial charge in [-0.3, -0.25) is 8.86 Å². The maximum absolute atomic E-state index is 13.1. The van der Waals surface area contributed by atoms with Gasteiger partial charge in [-0.25, -0.2) is 14.3 Å². The molecule has 230 valence electrons. The van der Waals surface area contributed by atoms with Crippen LogP contribution in [0.3, 0.4) is 0 Å². The third-order valence-corrected chi connectivity index (χ3v) is 8.63. The molecule has 2 saturated heterocycles. The monoisotopic (exact) mass is 618 g/mol. The van der Waals surface area contributed by atoms with E-state index >= 15 is 0 Å². The van der Waals surface area contributed by atoms with Gasteiger partial charge in [-0.05, 0) is 39.0 Å². The average molecular weight is 619 g/mol. The van der Waals surface area contributed by atoms with Crippen molar-refractivity contribution < 1.29 is 22.1 Å². The second kappa shape index (κ2) is 10.3. The largest absolute Gasteiger partial charge is 0.444 e. The number of likely N-dealkylation sites (tertiary alicyclic amines) is 1. The van der Waals surface area contributed by atoms with Gasteiger partial charge in [0, 0.05) is 66.4 Å². The molecule has 6 heterocycles. The molecule has 2 fully saturated rings. The summed E-state index contributed by atoms with van der Waals surface area (Å²) < 4.78 is 38.2. The predicted molar refractivity (Wildman–Crippen MR) is 162 cm³/mol. The van der Waals surface area contributed by atoms with Crippen LogP contribution in [0.4, 0.5) is 10.6 Å². The molecule has 4 aromatic rings. The Bertz CT molecular complexity index is 1900. The van der Waals surface area contributed by atoms with Gasteiger partial charge in [0.1, 0.15) is 17.5 Å². The van der Waals surface area contributed by atoms with Gasteiger partial charge < -0.3 is 14.5 Å². The second-order valence-corrected chi connectivity index (χ2v) is 14.5. The number of ether oxygens (including phenoxy) is 1. The van der Waals surface area contributed by atoms with Crippen molar-refractivity contribution in [3.63, 3.8) is 0 Å². The summed E-state index contributed by atoms with van der Waals surface area (Å²) in [7, 11) is -1.85. The Morgan fingerprint density at radius 1 is 1.14 bits per heavy atom. The van der Waals surface area contributed by atoms with Crippen LogP contribution in [0.25, 0.3) is 27.8 Å². The summed E-state index contributed by atoms with van der Waals surface area (Å²) >= 11 is 0. The van der Waals surface area contributed by atoms with Gasteiger partial charge in [0.05, 0.1) is 48.4 Å². The Morgan fingerprint density at radius 3 is 2.52 bits per heavy atom. The van der Waals surface area contributed by atoms with Gasteiger partial charge in [-0.15, -0.1) is 0 Å². The highest BCUT2D eigenvalue weighted by Crippen LogP contribution is 2.47. The minimum absolute atomic E-state index is 0.0852. The minimum atomic E-state index is -3.70. The number of hydrogen-bond donors (Lipinski definition) is 0. The van der Waals surface area contributed by atoms with Gasteiger partial charge in [-0.2, -0.15) is 23.9 Å². The number of aryl methyl sites for hydroxylation is 1. The van der Waals surface area contributed by atoms with Crippen LogP contribution in [0.2, 0.25) is 0 Å². The van der Waals surface area contributed by atoms with Crippen molar-refractivity contribution in [1.82, 2.24) is 29.3 Å². The maximum Gasteiger partial charge on any atom is 0.410 e. The van der Waals surface area contributed by atoms with Crippen LogP contribution < -0.4 is 4.90 Å². The lowest BCUT2D eigenvalue weighted by molar-refractivity contribution is 0.0189. The second-order valence-electron chi connectivity index (χ2n) is 12.8. The van der Waals surface area contributed by atoms with E-state index in [2.05, 4.69) is 21.2 Å². The summed E-state index contributed by atoms with van der Waals surface area (Å²) in [6.07, 6.45) is 9.43. The molecule has 0 spiro atoms. The lowest BCUT2D eigenvalue weighted by atomic mass is 9.78. The molecule has 14 heteroatoms. The van der Waals surface area contributed by atoms with Crippen molar-refractivity contribution in [2.24, 2.45) is 12.5 Å². The first-order chi connectivity index (χ1) is 20.7. The fourth-order valence-electron chi connectivity index (χ4n) is 6.19. The average Bonchev–Trinajstić information content (AvgIpc) is 3.60. The Kier molecular flexibility index (Phi) is 6.93. The summed E-state index contributed by atoms with van der Waals surface area (Å²) in [5, 5.41) is 18.5. The maximum atomic E-state index is 13.1. The van der Waals surface area contributed by atoms with E-state index in [0.717, 1.165) is 28.5 Å². The third kappa shape index (κ3) is 5.37. The zero-order chi connectivity index (χ0) is 31.6. The number of amides is 1. The number of rotatable bonds is 6. The molecule has 2 aliphatic rings. The van der Waals surface area contributed by atoms with E-state index in [9.17, 15) is 18.5 Å². The molecule has 0 radical (unpaired) electrons. The molecule has 1 amide bonds. The first-order valence-corrected chi connectivity index (χ1v) is 15.9. The van der Waals surface area contributed by atoms with Crippen LogP contribution in [-0.4, -0.2) is 87.4 Å². The number of carbonyl (C=O) groups is 1. The van der Waals surface area contributed by atoms with Crippen LogP contribution in [0.1, 0.15) is 33.3 Å². The number of carbonyl (C=O) groups excluding carboxylic acids is 1. The van der Waals surface area contributed by atoms with Gasteiger partial charge in [0.15, 0.2) is 0 Å². The van der Waals surface area contributed by atoms with Crippen molar-refractivity contribution in [2.45, 2.75) is 45.4 Å². The summed E-state index contributed by atoms with van der Waals surface area (Å²) in [5.41, 5.74) is 3.14. The fraction of sp³-hybridized carbons (Fsp3) is 0.433. The third-order valence-electron chi connectivity index (χ3n) is 8.08. The number of anilines is 1. The number of pyridine rings is 2. The van der Waals surface area contributed by atoms with Gasteiger partial charge in [0.25, 0.3) is 10.1 Å². The summed E-state index contributed by atoms with van der Waals surface area (Å²) in [6.45, 7) is 8.06. The van der Waals surface area contributed by atoms with Crippen molar-refractivity contribution >= 4 is 27.5 Å². The first-order valence-electron chi connectivity index (χ1n) is 14.1. The molecule has 4 aromatic heterocycles. The normalized spacial score (nSPS) is 21.7. The number of aromatic nitrogens is 5. The van der Waals surface area contributed by atoms with Crippen molar-refractivity contribution in [3.8, 4) is 28.3 Å². The predicted octanol–water partition coefficient (Wildman–Crippen LogP) is 3.46. The zero-order valence-electron chi connectivity index (χ0n) is 25.4. The lowest BCUT2D eigenvalue weighted by Crippen LogP contribution is -2.67. The van der Waals surface area contributed by atoms with E-state index in [1.165, 1.54) is 0 Å². The summed E-state index contributed by atoms with van der Waals surface area (Å²) in [6, 6.07) is 7.64. The van der Waals surface area contributed by atoms with Crippen LogP contribution in [0.5, 0.6) is 0 Å². The van der Waals surface area contributed by atoms with Crippen LogP contribution >= 0.6 is 0 Å². The molecule has 1 unspecified atom stereocenters. The summed E-state index contributed by atoms with van der Waals surface area (Å²) in [5.74, 6) is 0.681. The van der Waals surface area contributed by atoms with E-state index in [1.807, 2.05) is 65.3 Å². The van der Waals surface area contributed by atoms with Crippen LogP contribution in [0.15, 0.2) is 49.2 Å². The van der Waals surface area contributed by atoms with Crippen molar-refractivity contribution in [2.75, 3.05) is 30.9 Å². The van der Waals surface area contributed by atoms with Crippen LogP contribution in [-0.2, 0) is 26.1 Å². The highest BCUT2D eigenvalue weighted by molar-refractivity contribution is 7.85. The fourth-order valence-corrected chi connectivity index (χ4v) is 6.67. The minimum Gasteiger partial charge on any atom is -0.444 e. The number of fused-ring (bicyclic) bond motifs is 2. The molecule has 3 atom stereocenters. The van der Waals surface area contributed by atoms with E-state index in [0.29, 0.717) is 23.4 Å². The van der Waals surface area contributed by atoms with Gasteiger partial charge in [0.2, 0.25) is 0 Å². The van der Waals surface area contributed by atoms with Gasteiger partial charge >= 0.3 is 6.09 Å². The number of nitriles is 1. The molecule has 0 N–H and O–H groups in total. The molecule has 0 saturated carbocycles. The number of nitrogens with zero attached hydrogens (tertiary/aromatic N) is 8. The topological polar surface area (TPSA) is 148 Å². The van der Waals surface area contributed by atoms with Crippen molar-refractivity contribution in [1.29, 1.82) is 5.26 Å². The smallest absolute Gasteiger partial charge is 0.410 e. The molecule has 0 bridgehead atoms. The zero-order valence-corrected chi connectivity index (χ0v) is 26.2. The first kappa shape index (κ1) is 29.6. The Morgan fingerprint density at radius 2 is 1.91 bits per heavy atom. The Hall–Kier alpha value is -4.48. The number of hydrogen-bond acceptors (Lipinski definition) is 10. The Labute approximate surface area is 255 Å². The van der Waals surface area contributed by atoms with Crippen molar-refractivity contribution in [3.05, 3.63) is 54.7 Å². The highest BCUT2D eigenvalue weighted by atomic mass is 32.2.